The minimum Gasteiger partial charge on any atom is -0.354 e. The van der Waals surface area contributed by atoms with Crippen LogP contribution in [0.5, 0.6) is 0 Å². The van der Waals surface area contributed by atoms with E-state index in [2.05, 4.69) is 52.9 Å². The van der Waals surface area contributed by atoms with Gasteiger partial charge in [0.15, 0.2) is 0 Å². The fourth-order valence-corrected chi connectivity index (χ4v) is 3.82. The summed E-state index contributed by atoms with van der Waals surface area (Å²) in [5.74, 6) is 0.136. The first-order valence-corrected chi connectivity index (χ1v) is 9.14. The number of fused-ring (bicyclic) bond motifs is 1. The van der Waals surface area contributed by atoms with Crippen molar-refractivity contribution in [2.24, 2.45) is 0 Å². The fraction of sp³-hybridized carbons (Fsp3) is 0.421. The zero-order chi connectivity index (χ0) is 16.2. The molecule has 4 heteroatoms. The Morgan fingerprint density at radius 1 is 1.35 bits per heavy atom. The third kappa shape index (κ3) is 4.01. The molecule has 0 saturated heterocycles. The predicted molar refractivity (Wildman–Crippen MR) is 95.8 cm³/mol. The van der Waals surface area contributed by atoms with Crippen molar-refractivity contribution in [2.75, 3.05) is 13.1 Å². The largest absolute Gasteiger partial charge is 0.354 e. The first-order chi connectivity index (χ1) is 11.1. The van der Waals surface area contributed by atoms with Gasteiger partial charge in [0.2, 0.25) is 5.91 Å². The van der Waals surface area contributed by atoms with E-state index in [1.165, 1.54) is 21.6 Å². The molecular weight excluding hydrogens is 304 g/mol. The molecule has 2 aromatic rings. The van der Waals surface area contributed by atoms with Crippen LogP contribution in [-0.2, 0) is 24.2 Å². The van der Waals surface area contributed by atoms with Gasteiger partial charge < -0.3 is 5.32 Å². The number of amides is 1. The standard InChI is InChI=1S/C19H24N2OS/c1-14-5-6-17-13-21(10-8-16(17)12-14)15(2)19(22)20-9-7-18-4-3-11-23-18/h3-6,11-12,15H,7-10,13H2,1-2H3,(H,20,22)/t15-/m0/s1. The molecule has 1 amide bonds. The normalized spacial score (nSPS) is 15.9. The second kappa shape index (κ2) is 7.28. The summed E-state index contributed by atoms with van der Waals surface area (Å²) in [6, 6.07) is 10.7. The molecule has 3 nitrogen and oxygen atoms in total. The molecule has 0 radical (unpaired) electrons. The van der Waals surface area contributed by atoms with Crippen molar-refractivity contribution >= 4 is 17.2 Å². The van der Waals surface area contributed by atoms with E-state index in [0.29, 0.717) is 6.54 Å². The second-order valence-electron chi connectivity index (χ2n) is 6.29. The maximum Gasteiger partial charge on any atom is 0.237 e. The highest BCUT2D eigenvalue weighted by molar-refractivity contribution is 7.09. The Hall–Kier alpha value is -1.65. The summed E-state index contributed by atoms with van der Waals surface area (Å²) in [6.07, 6.45) is 1.95. The van der Waals surface area contributed by atoms with E-state index in [0.717, 1.165) is 25.9 Å². The van der Waals surface area contributed by atoms with Gasteiger partial charge in [0.1, 0.15) is 0 Å². The summed E-state index contributed by atoms with van der Waals surface area (Å²) in [4.78, 5) is 16.0. The molecular formula is C19H24N2OS. The maximum atomic E-state index is 12.4. The van der Waals surface area contributed by atoms with Crippen molar-refractivity contribution in [3.05, 3.63) is 57.3 Å². The molecule has 0 aliphatic carbocycles. The molecule has 2 heterocycles. The van der Waals surface area contributed by atoms with E-state index < -0.39 is 0 Å². The summed E-state index contributed by atoms with van der Waals surface area (Å²) >= 11 is 1.74. The summed E-state index contributed by atoms with van der Waals surface area (Å²) in [5, 5.41) is 5.15. The third-order valence-corrected chi connectivity index (χ3v) is 5.52. The number of benzene rings is 1. The molecule has 1 aromatic heterocycles. The van der Waals surface area contributed by atoms with E-state index in [1.807, 2.05) is 6.92 Å². The van der Waals surface area contributed by atoms with Crippen LogP contribution in [0.1, 0.15) is 28.5 Å². The van der Waals surface area contributed by atoms with Gasteiger partial charge in [-0.1, -0.05) is 29.8 Å². The molecule has 1 N–H and O–H groups in total. The number of nitrogens with one attached hydrogen (secondary N) is 1. The summed E-state index contributed by atoms with van der Waals surface area (Å²) in [5.41, 5.74) is 4.11. The van der Waals surface area contributed by atoms with Gasteiger partial charge in [-0.2, -0.15) is 0 Å². The van der Waals surface area contributed by atoms with E-state index >= 15 is 0 Å². The fourth-order valence-electron chi connectivity index (χ4n) is 3.11. The topological polar surface area (TPSA) is 32.3 Å². The monoisotopic (exact) mass is 328 g/mol. The Kier molecular flexibility index (Phi) is 5.13. The van der Waals surface area contributed by atoms with E-state index in [1.54, 1.807) is 11.3 Å². The van der Waals surface area contributed by atoms with Crippen LogP contribution in [0.25, 0.3) is 0 Å². The highest BCUT2D eigenvalue weighted by Crippen LogP contribution is 2.21. The first-order valence-electron chi connectivity index (χ1n) is 8.26. The number of thiophene rings is 1. The van der Waals surface area contributed by atoms with Crippen LogP contribution >= 0.6 is 11.3 Å². The van der Waals surface area contributed by atoms with Crippen LogP contribution in [-0.4, -0.2) is 29.9 Å². The number of rotatable bonds is 5. The average molecular weight is 328 g/mol. The quantitative estimate of drug-likeness (QED) is 0.914. The van der Waals surface area contributed by atoms with Crippen molar-refractivity contribution in [3.8, 4) is 0 Å². The minimum atomic E-state index is -0.0761. The predicted octanol–water partition coefficient (Wildman–Crippen LogP) is 3.16. The van der Waals surface area contributed by atoms with Crippen LogP contribution in [0.2, 0.25) is 0 Å². The molecule has 122 valence electrons. The number of nitrogens with zero attached hydrogens (tertiary/aromatic N) is 1. The summed E-state index contributed by atoms with van der Waals surface area (Å²) < 4.78 is 0. The van der Waals surface area contributed by atoms with Crippen LogP contribution in [0.15, 0.2) is 35.7 Å². The number of aryl methyl sites for hydroxylation is 1. The van der Waals surface area contributed by atoms with Crippen molar-refractivity contribution < 1.29 is 4.79 Å². The van der Waals surface area contributed by atoms with Crippen molar-refractivity contribution in [2.45, 2.75) is 39.3 Å². The highest BCUT2D eigenvalue weighted by Gasteiger charge is 2.25. The van der Waals surface area contributed by atoms with Gasteiger partial charge in [0, 0.05) is 24.5 Å². The molecule has 1 aliphatic heterocycles. The molecule has 0 spiro atoms. The van der Waals surface area contributed by atoms with Crippen LogP contribution in [0.3, 0.4) is 0 Å². The molecule has 1 aromatic carbocycles. The average Bonchev–Trinajstić information content (AvgIpc) is 3.07. The number of hydrogen-bond donors (Lipinski definition) is 1. The van der Waals surface area contributed by atoms with Gasteiger partial charge in [0.25, 0.3) is 0 Å². The van der Waals surface area contributed by atoms with E-state index in [4.69, 9.17) is 0 Å². The van der Waals surface area contributed by atoms with Gasteiger partial charge >= 0.3 is 0 Å². The minimum absolute atomic E-state index is 0.0761. The lowest BCUT2D eigenvalue weighted by Gasteiger charge is -2.33. The molecule has 0 saturated carbocycles. The Bertz CT molecular complexity index is 666. The van der Waals surface area contributed by atoms with Crippen molar-refractivity contribution in [1.29, 1.82) is 0 Å². The Morgan fingerprint density at radius 3 is 3.00 bits per heavy atom. The lowest BCUT2D eigenvalue weighted by Crippen LogP contribution is -2.47. The molecule has 3 rings (SSSR count). The smallest absolute Gasteiger partial charge is 0.237 e. The highest BCUT2D eigenvalue weighted by atomic mass is 32.1. The van der Waals surface area contributed by atoms with E-state index in [9.17, 15) is 4.79 Å². The lowest BCUT2D eigenvalue weighted by molar-refractivity contribution is -0.126. The Labute approximate surface area is 142 Å². The van der Waals surface area contributed by atoms with Crippen molar-refractivity contribution in [3.63, 3.8) is 0 Å². The van der Waals surface area contributed by atoms with Gasteiger partial charge in [-0.25, -0.2) is 0 Å². The van der Waals surface area contributed by atoms with Crippen molar-refractivity contribution in [1.82, 2.24) is 10.2 Å². The van der Waals surface area contributed by atoms with Crippen LogP contribution in [0.4, 0.5) is 0 Å². The third-order valence-electron chi connectivity index (χ3n) is 4.58. The molecule has 0 fully saturated rings. The zero-order valence-electron chi connectivity index (χ0n) is 13.8. The van der Waals surface area contributed by atoms with Crippen LogP contribution in [0, 0.1) is 6.92 Å². The lowest BCUT2D eigenvalue weighted by atomic mass is 9.96. The first kappa shape index (κ1) is 16.2. The van der Waals surface area contributed by atoms with Gasteiger partial charge in [-0.3, -0.25) is 9.69 Å². The Balaban J connectivity index is 1.52. The molecule has 1 atom stereocenters. The Morgan fingerprint density at radius 2 is 2.22 bits per heavy atom. The summed E-state index contributed by atoms with van der Waals surface area (Å²) in [7, 11) is 0. The van der Waals surface area contributed by atoms with E-state index in [-0.39, 0.29) is 11.9 Å². The molecule has 0 unspecified atom stereocenters. The molecule has 1 aliphatic rings. The maximum absolute atomic E-state index is 12.4. The number of carbonyl (C=O) groups is 1. The zero-order valence-corrected chi connectivity index (χ0v) is 14.7. The van der Waals surface area contributed by atoms with Gasteiger partial charge in [0.05, 0.1) is 6.04 Å². The number of carbonyl (C=O) groups excluding carboxylic acids is 1. The number of hydrogen-bond acceptors (Lipinski definition) is 3. The second-order valence-corrected chi connectivity index (χ2v) is 7.32. The SMILES string of the molecule is Cc1ccc2c(c1)CCN([C@@H](C)C(=O)NCCc1cccs1)C2. The van der Waals surface area contributed by atoms with Gasteiger partial charge in [-0.05, 0) is 49.3 Å². The van der Waals surface area contributed by atoms with Gasteiger partial charge in [-0.15, -0.1) is 11.3 Å². The van der Waals surface area contributed by atoms with Crippen LogP contribution < -0.4 is 5.32 Å². The molecule has 0 bridgehead atoms. The summed E-state index contributed by atoms with van der Waals surface area (Å²) in [6.45, 7) is 6.69. The molecule has 23 heavy (non-hydrogen) atoms.